The highest BCUT2D eigenvalue weighted by atomic mass is 32.2. The summed E-state index contributed by atoms with van der Waals surface area (Å²) in [4.78, 5) is 0.172. The summed E-state index contributed by atoms with van der Waals surface area (Å²) in [6, 6.07) is 7.39. The van der Waals surface area contributed by atoms with Gasteiger partial charge in [0.2, 0.25) is 10.0 Å². The first-order valence-electron chi connectivity index (χ1n) is 6.56. The zero-order valence-corrected chi connectivity index (χ0v) is 13.7. The van der Waals surface area contributed by atoms with Gasteiger partial charge in [-0.05, 0) is 30.7 Å². The monoisotopic (exact) mass is 332 g/mol. The van der Waals surface area contributed by atoms with Crippen molar-refractivity contribution in [1.82, 2.24) is 5.32 Å². The molecule has 3 N–H and O–H groups in total. The molecule has 0 unspecified atom stereocenters. The zero-order chi connectivity index (χ0) is 14.4. The molecule has 0 aliphatic carbocycles. The molecule has 1 saturated heterocycles. The average Bonchev–Trinajstić information content (AvgIpc) is 2.67. The normalized spacial score (nSPS) is 17.9. The lowest BCUT2D eigenvalue weighted by Gasteiger charge is -2.15. The number of hydrogen-bond acceptors (Lipinski definition) is 5. The molecule has 1 aromatic rings. The molecule has 0 radical (unpaired) electrons. The number of benzene rings is 1. The quantitative estimate of drug-likeness (QED) is 0.851. The average molecular weight is 333 g/mol. The zero-order valence-electron chi connectivity index (χ0n) is 11.2. The number of nitrogens with one attached hydrogen (secondary N) is 1. The van der Waals surface area contributed by atoms with Crippen molar-refractivity contribution in [2.24, 2.45) is 5.14 Å². The molecule has 0 saturated carbocycles. The van der Waals surface area contributed by atoms with E-state index in [0.29, 0.717) is 6.04 Å². The third-order valence-corrected chi connectivity index (χ3v) is 6.56. The van der Waals surface area contributed by atoms with E-state index in [4.69, 9.17) is 5.14 Å². The molecule has 0 atom stereocenters. The molecule has 112 valence electrons. The predicted molar refractivity (Wildman–Crippen MR) is 88.0 cm³/mol. The maximum atomic E-state index is 11.2. The molecule has 0 amide bonds. The molecule has 1 aliphatic rings. The van der Waals surface area contributed by atoms with Gasteiger partial charge >= 0.3 is 0 Å². The Morgan fingerprint density at radius 3 is 2.30 bits per heavy atom. The van der Waals surface area contributed by atoms with Crippen LogP contribution in [0.1, 0.15) is 5.56 Å². The molecule has 1 heterocycles. The van der Waals surface area contributed by atoms with Crippen LogP contribution in [-0.4, -0.2) is 44.0 Å². The Bertz CT molecular complexity index is 509. The Hall–Kier alpha value is -0.210. The first-order valence-corrected chi connectivity index (χ1v) is 10.4. The first kappa shape index (κ1) is 16.2. The summed E-state index contributed by atoms with van der Waals surface area (Å²) in [5.41, 5.74) is 1.12. The molecule has 2 rings (SSSR count). The fourth-order valence-corrected chi connectivity index (χ4v) is 4.98. The molecule has 0 spiro atoms. The third kappa shape index (κ3) is 5.29. The molecule has 1 fully saturated rings. The van der Waals surface area contributed by atoms with Crippen LogP contribution >= 0.6 is 23.5 Å². The lowest BCUT2D eigenvalue weighted by molar-refractivity contribution is 0.597. The highest BCUT2D eigenvalue weighted by Gasteiger charge is 2.12. The summed E-state index contributed by atoms with van der Waals surface area (Å²) in [6.07, 6.45) is 0.900. The Morgan fingerprint density at radius 1 is 1.15 bits per heavy atom. The van der Waals surface area contributed by atoms with E-state index in [9.17, 15) is 8.42 Å². The van der Waals surface area contributed by atoms with Crippen LogP contribution in [0.15, 0.2) is 29.2 Å². The van der Waals surface area contributed by atoms with Crippen molar-refractivity contribution < 1.29 is 8.42 Å². The number of sulfonamides is 1. The van der Waals surface area contributed by atoms with E-state index < -0.39 is 10.0 Å². The van der Waals surface area contributed by atoms with E-state index in [1.165, 1.54) is 23.0 Å². The maximum Gasteiger partial charge on any atom is 0.238 e. The molecule has 1 aromatic carbocycles. The summed E-state index contributed by atoms with van der Waals surface area (Å²) in [5.74, 6) is 4.85. The number of hydrogen-bond donors (Lipinski definition) is 2. The molecule has 7 heteroatoms. The van der Waals surface area contributed by atoms with E-state index in [1.54, 1.807) is 12.1 Å². The Kier molecular flexibility index (Phi) is 6.22. The summed E-state index contributed by atoms with van der Waals surface area (Å²) in [5, 5.41) is 8.64. The van der Waals surface area contributed by atoms with Gasteiger partial charge in [0.25, 0.3) is 0 Å². The molecular weight excluding hydrogens is 312 g/mol. The van der Waals surface area contributed by atoms with E-state index in [-0.39, 0.29) is 4.90 Å². The molecule has 1 aliphatic heterocycles. The molecule has 4 nitrogen and oxygen atoms in total. The Labute approximate surface area is 129 Å². The molecule has 0 bridgehead atoms. The van der Waals surface area contributed by atoms with Crippen molar-refractivity contribution in [3.63, 3.8) is 0 Å². The van der Waals surface area contributed by atoms with Gasteiger partial charge in [0.15, 0.2) is 0 Å². The standard InChI is InChI=1S/C13H20N2O2S3/c14-20(16,17)13-3-1-11(2-4-13)5-6-15-12-9-18-7-8-19-10-12/h1-4,12,15H,5-10H2,(H2,14,16,17). The minimum absolute atomic E-state index is 0.172. The van der Waals surface area contributed by atoms with Crippen LogP contribution in [0.4, 0.5) is 0 Å². The minimum atomic E-state index is -3.58. The van der Waals surface area contributed by atoms with E-state index >= 15 is 0 Å². The Morgan fingerprint density at radius 2 is 1.75 bits per heavy atom. The van der Waals surface area contributed by atoms with Crippen LogP contribution in [0, 0.1) is 0 Å². The topological polar surface area (TPSA) is 72.2 Å². The molecule has 20 heavy (non-hydrogen) atoms. The second kappa shape index (κ2) is 7.70. The van der Waals surface area contributed by atoms with Crippen molar-refractivity contribution in [3.8, 4) is 0 Å². The van der Waals surface area contributed by atoms with Gasteiger partial charge < -0.3 is 5.32 Å². The number of thioether (sulfide) groups is 2. The maximum absolute atomic E-state index is 11.2. The van der Waals surface area contributed by atoms with Gasteiger partial charge in [-0.1, -0.05) is 12.1 Å². The van der Waals surface area contributed by atoms with Crippen molar-refractivity contribution in [2.75, 3.05) is 29.6 Å². The smallest absolute Gasteiger partial charge is 0.238 e. The largest absolute Gasteiger partial charge is 0.312 e. The summed E-state index contributed by atoms with van der Waals surface area (Å²) in [6.45, 7) is 0.917. The van der Waals surface area contributed by atoms with Crippen LogP contribution < -0.4 is 10.5 Å². The lowest BCUT2D eigenvalue weighted by Crippen LogP contribution is -2.34. The number of rotatable bonds is 5. The summed E-state index contributed by atoms with van der Waals surface area (Å²) in [7, 11) is -3.58. The molecular formula is C13H20N2O2S3. The number of nitrogens with two attached hydrogens (primary N) is 1. The third-order valence-electron chi connectivity index (χ3n) is 3.11. The van der Waals surface area contributed by atoms with Gasteiger partial charge in [-0.25, -0.2) is 13.6 Å². The van der Waals surface area contributed by atoms with Gasteiger partial charge in [0.1, 0.15) is 0 Å². The fraction of sp³-hybridized carbons (Fsp3) is 0.538. The van der Waals surface area contributed by atoms with Crippen LogP contribution in [0.3, 0.4) is 0 Å². The lowest BCUT2D eigenvalue weighted by atomic mass is 10.1. The first-order chi connectivity index (χ1) is 9.55. The molecule has 0 aromatic heterocycles. The van der Waals surface area contributed by atoms with Crippen molar-refractivity contribution in [3.05, 3.63) is 29.8 Å². The predicted octanol–water partition coefficient (Wildman–Crippen LogP) is 1.31. The Balaban J connectivity index is 1.79. The second-order valence-electron chi connectivity index (χ2n) is 4.74. The van der Waals surface area contributed by atoms with Crippen LogP contribution in [0.25, 0.3) is 0 Å². The van der Waals surface area contributed by atoms with Crippen LogP contribution in [0.5, 0.6) is 0 Å². The SMILES string of the molecule is NS(=O)(=O)c1ccc(CCNC2CSCCSC2)cc1. The highest BCUT2D eigenvalue weighted by Crippen LogP contribution is 2.16. The number of primary sulfonamides is 1. The van der Waals surface area contributed by atoms with Gasteiger partial charge in [0.05, 0.1) is 4.90 Å². The fourth-order valence-electron chi connectivity index (χ4n) is 2.00. The van der Waals surface area contributed by atoms with Gasteiger partial charge in [0, 0.05) is 29.1 Å². The summed E-state index contributed by atoms with van der Waals surface area (Å²) < 4.78 is 22.3. The van der Waals surface area contributed by atoms with E-state index in [1.807, 2.05) is 35.7 Å². The van der Waals surface area contributed by atoms with Crippen molar-refractivity contribution in [2.45, 2.75) is 17.4 Å². The van der Waals surface area contributed by atoms with Crippen molar-refractivity contribution >= 4 is 33.5 Å². The van der Waals surface area contributed by atoms with Gasteiger partial charge in [-0.15, -0.1) is 0 Å². The van der Waals surface area contributed by atoms with E-state index in [2.05, 4.69) is 5.32 Å². The minimum Gasteiger partial charge on any atom is -0.312 e. The summed E-state index contributed by atoms with van der Waals surface area (Å²) >= 11 is 4.02. The van der Waals surface area contributed by atoms with Crippen LogP contribution in [0.2, 0.25) is 0 Å². The van der Waals surface area contributed by atoms with Crippen LogP contribution in [-0.2, 0) is 16.4 Å². The van der Waals surface area contributed by atoms with Gasteiger partial charge in [-0.3, -0.25) is 0 Å². The van der Waals surface area contributed by atoms with Crippen molar-refractivity contribution in [1.29, 1.82) is 0 Å². The van der Waals surface area contributed by atoms with Gasteiger partial charge in [-0.2, -0.15) is 23.5 Å². The second-order valence-corrected chi connectivity index (χ2v) is 8.60. The highest BCUT2D eigenvalue weighted by molar-refractivity contribution is 8.03. The van der Waals surface area contributed by atoms with E-state index in [0.717, 1.165) is 18.5 Å².